The number of hydrogen-bond donors (Lipinski definition) is 1. The minimum absolute atomic E-state index is 0.0840. The molecule has 0 saturated carbocycles. The fourth-order valence-electron chi connectivity index (χ4n) is 2.27. The molecule has 0 amide bonds. The van der Waals surface area contributed by atoms with Gasteiger partial charge in [0, 0.05) is 18.0 Å². The van der Waals surface area contributed by atoms with Crippen LogP contribution in [-0.2, 0) is 19.1 Å². The smallest absolute Gasteiger partial charge is 0.416 e. The molecule has 0 fully saturated rings. The van der Waals surface area contributed by atoms with Gasteiger partial charge in [-0.15, -0.1) is 11.3 Å². The van der Waals surface area contributed by atoms with Crippen LogP contribution in [0.25, 0.3) is 0 Å². The summed E-state index contributed by atoms with van der Waals surface area (Å²) >= 11 is 1.35. The number of aromatic carboxylic acids is 1. The Morgan fingerprint density at radius 1 is 1.32 bits per heavy atom. The first-order chi connectivity index (χ1) is 11.8. The summed E-state index contributed by atoms with van der Waals surface area (Å²) in [6, 6.07) is 5.16. The summed E-state index contributed by atoms with van der Waals surface area (Å²) in [5.41, 5.74) is 0.586. The van der Waals surface area contributed by atoms with Crippen LogP contribution in [0.5, 0.6) is 0 Å². The van der Waals surface area contributed by atoms with Crippen LogP contribution in [0.2, 0.25) is 0 Å². The van der Waals surface area contributed by atoms with Crippen molar-refractivity contribution in [2.75, 3.05) is 0 Å². The minimum Gasteiger partial charge on any atom is -0.478 e. The van der Waals surface area contributed by atoms with Crippen LogP contribution in [0.1, 0.15) is 32.2 Å². The number of nitrogens with zero attached hydrogens (tertiary/aromatic N) is 3. The number of thiazole rings is 1. The zero-order valence-corrected chi connectivity index (χ0v) is 13.5. The van der Waals surface area contributed by atoms with Gasteiger partial charge in [0.05, 0.1) is 29.6 Å². The summed E-state index contributed by atoms with van der Waals surface area (Å²) in [6.45, 7) is 0.306. The molecule has 5 nitrogen and oxygen atoms in total. The van der Waals surface area contributed by atoms with Gasteiger partial charge in [-0.25, -0.2) is 9.78 Å². The number of rotatable bonds is 5. The molecular formula is C16H12F3N3O2S. The van der Waals surface area contributed by atoms with Crippen LogP contribution < -0.4 is 0 Å². The van der Waals surface area contributed by atoms with Crippen molar-refractivity contribution in [1.29, 1.82) is 0 Å². The van der Waals surface area contributed by atoms with Crippen LogP contribution in [0.3, 0.4) is 0 Å². The molecule has 0 saturated heterocycles. The van der Waals surface area contributed by atoms with Gasteiger partial charge in [0.2, 0.25) is 0 Å². The number of hydrogen-bond acceptors (Lipinski definition) is 4. The number of benzene rings is 1. The van der Waals surface area contributed by atoms with Gasteiger partial charge >= 0.3 is 12.1 Å². The van der Waals surface area contributed by atoms with E-state index in [2.05, 4.69) is 10.1 Å². The predicted molar refractivity (Wildman–Crippen MR) is 84.7 cm³/mol. The normalized spacial score (nSPS) is 11.6. The fraction of sp³-hybridized carbons (Fsp3) is 0.188. The lowest BCUT2D eigenvalue weighted by Gasteiger charge is -2.07. The zero-order chi connectivity index (χ0) is 18.0. The Bertz CT molecular complexity index is 902. The maximum atomic E-state index is 12.7. The molecule has 0 bridgehead atoms. The number of carbonyl (C=O) groups is 1. The molecular weight excluding hydrogens is 355 g/mol. The van der Waals surface area contributed by atoms with Gasteiger partial charge in [-0.2, -0.15) is 18.3 Å². The summed E-state index contributed by atoms with van der Waals surface area (Å²) in [7, 11) is 0. The molecule has 3 aromatic rings. The summed E-state index contributed by atoms with van der Waals surface area (Å²) in [5, 5.41) is 15.3. The first-order valence-corrected chi connectivity index (χ1v) is 8.04. The zero-order valence-electron chi connectivity index (χ0n) is 12.7. The summed E-state index contributed by atoms with van der Waals surface area (Å²) in [6.07, 6.45) is -1.43. The molecule has 0 atom stereocenters. The van der Waals surface area contributed by atoms with Crippen LogP contribution >= 0.6 is 11.3 Å². The lowest BCUT2D eigenvalue weighted by atomic mass is 10.1. The lowest BCUT2D eigenvalue weighted by molar-refractivity contribution is -0.137. The SMILES string of the molecule is O=C(O)c1cnn(Cc2nc(Cc3cccc(C(F)(F)F)c3)cs2)c1. The standard InChI is InChI=1S/C16H12F3N3O2S/c17-16(18,19)12-3-1-2-10(4-12)5-13-9-25-14(21-13)8-22-7-11(6-20-22)15(23)24/h1-4,6-7,9H,5,8H2,(H,23,24). The van der Waals surface area contributed by atoms with E-state index in [9.17, 15) is 18.0 Å². The van der Waals surface area contributed by atoms with Crippen LogP contribution in [0.4, 0.5) is 13.2 Å². The van der Waals surface area contributed by atoms with Crippen molar-refractivity contribution in [1.82, 2.24) is 14.8 Å². The Morgan fingerprint density at radius 3 is 2.80 bits per heavy atom. The molecule has 2 aromatic heterocycles. The van der Waals surface area contributed by atoms with E-state index in [-0.39, 0.29) is 5.56 Å². The highest BCUT2D eigenvalue weighted by Crippen LogP contribution is 2.30. The van der Waals surface area contributed by atoms with Crippen LogP contribution in [0, 0.1) is 0 Å². The molecule has 0 unspecified atom stereocenters. The van der Waals surface area contributed by atoms with Crippen molar-refractivity contribution in [2.24, 2.45) is 0 Å². The van der Waals surface area contributed by atoms with Crippen molar-refractivity contribution in [3.05, 3.63) is 69.4 Å². The largest absolute Gasteiger partial charge is 0.478 e. The van der Waals surface area contributed by atoms with E-state index in [0.717, 1.165) is 12.1 Å². The summed E-state index contributed by atoms with van der Waals surface area (Å²) in [4.78, 5) is 15.2. The van der Waals surface area contributed by atoms with Gasteiger partial charge < -0.3 is 5.11 Å². The molecule has 1 aromatic carbocycles. The highest BCUT2D eigenvalue weighted by Gasteiger charge is 2.30. The monoisotopic (exact) mass is 367 g/mol. The molecule has 9 heteroatoms. The van der Waals surface area contributed by atoms with Crippen molar-refractivity contribution < 1.29 is 23.1 Å². The first-order valence-electron chi connectivity index (χ1n) is 7.16. The second-order valence-electron chi connectivity index (χ2n) is 5.34. The molecule has 0 spiro atoms. The number of halogens is 3. The van der Waals surface area contributed by atoms with E-state index in [0.29, 0.717) is 29.2 Å². The molecule has 25 heavy (non-hydrogen) atoms. The average molecular weight is 367 g/mol. The van der Waals surface area contributed by atoms with Crippen LogP contribution in [-0.4, -0.2) is 25.8 Å². The summed E-state index contributed by atoms with van der Waals surface area (Å²) < 4.78 is 39.7. The van der Waals surface area contributed by atoms with E-state index in [1.165, 1.54) is 34.5 Å². The average Bonchev–Trinajstić information content (AvgIpc) is 3.17. The highest BCUT2D eigenvalue weighted by molar-refractivity contribution is 7.09. The summed E-state index contributed by atoms with van der Waals surface area (Å²) in [5.74, 6) is -1.06. The van der Waals surface area contributed by atoms with E-state index >= 15 is 0 Å². The van der Waals surface area contributed by atoms with Gasteiger partial charge in [-0.3, -0.25) is 4.68 Å². The number of alkyl halides is 3. The van der Waals surface area contributed by atoms with Gasteiger partial charge in [0.1, 0.15) is 5.01 Å². The third kappa shape index (κ3) is 4.24. The Balaban J connectivity index is 1.70. The van der Waals surface area contributed by atoms with Crippen LogP contribution in [0.15, 0.2) is 42.0 Å². The van der Waals surface area contributed by atoms with Gasteiger partial charge in [0.15, 0.2) is 0 Å². The molecule has 3 rings (SSSR count). The van der Waals surface area contributed by atoms with Crippen molar-refractivity contribution in [3.8, 4) is 0 Å². The minimum atomic E-state index is -4.37. The Kier molecular flexibility index (Phi) is 4.58. The van der Waals surface area contributed by atoms with Crippen molar-refractivity contribution in [3.63, 3.8) is 0 Å². The number of carboxylic acids is 1. The first kappa shape index (κ1) is 17.2. The molecule has 130 valence electrons. The second-order valence-corrected chi connectivity index (χ2v) is 6.28. The molecule has 1 N–H and O–H groups in total. The molecule has 0 radical (unpaired) electrons. The molecule has 0 aliphatic carbocycles. The Morgan fingerprint density at radius 2 is 2.12 bits per heavy atom. The van der Waals surface area contributed by atoms with E-state index in [1.807, 2.05) is 0 Å². The molecule has 0 aliphatic heterocycles. The maximum absolute atomic E-state index is 12.7. The molecule has 0 aliphatic rings. The predicted octanol–water partition coefficient (Wildman–Crippen LogP) is 3.70. The van der Waals surface area contributed by atoms with E-state index in [4.69, 9.17) is 5.11 Å². The van der Waals surface area contributed by atoms with Gasteiger partial charge in [-0.1, -0.05) is 18.2 Å². The lowest BCUT2D eigenvalue weighted by Crippen LogP contribution is -2.05. The quantitative estimate of drug-likeness (QED) is 0.747. The second kappa shape index (κ2) is 6.67. The topological polar surface area (TPSA) is 68.0 Å². The third-order valence-corrected chi connectivity index (χ3v) is 4.30. The Labute approximate surface area is 144 Å². The maximum Gasteiger partial charge on any atom is 0.416 e. The van der Waals surface area contributed by atoms with Gasteiger partial charge in [0.25, 0.3) is 0 Å². The van der Waals surface area contributed by atoms with Gasteiger partial charge in [-0.05, 0) is 11.6 Å². The third-order valence-electron chi connectivity index (χ3n) is 3.42. The molecule has 2 heterocycles. The Hall–Kier alpha value is -2.68. The number of carboxylic acid groups (broad SMARTS) is 1. The van der Waals surface area contributed by atoms with E-state index in [1.54, 1.807) is 11.4 Å². The fourth-order valence-corrected chi connectivity index (χ4v) is 3.05. The van der Waals surface area contributed by atoms with Crippen molar-refractivity contribution in [2.45, 2.75) is 19.1 Å². The van der Waals surface area contributed by atoms with E-state index < -0.39 is 17.7 Å². The number of aromatic nitrogens is 3. The highest BCUT2D eigenvalue weighted by atomic mass is 32.1. The van der Waals surface area contributed by atoms with Crippen molar-refractivity contribution >= 4 is 17.3 Å².